The van der Waals surface area contributed by atoms with E-state index in [1.807, 2.05) is 32.0 Å². The van der Waals surface area contributed by atoms with Crippen LogP contribution in [0.1, 0.15) is 34.3 Å². The number of benzene rings is 2. The Labute approximate surface area is 165 Å². The van der Waals surface area contributed by atoms with Gasteiger partial charge >= 0.3 is 0 Å². The number of hydrogen-bond donors (Lipinski definition) is 2. The number of amides is 2. The van der Waals surface area contributed by atoms with E-state index in [9.17, 15) is 9.59 Å². The van der Waals surface area contributed by atoms with E-state index in [0.29, 0.717) is 43.1 Å². The average molecular weight is 389 g/mol. The second-order valence-corrected chi connectivity index (χ2v) is 6.72. The average Bonchev–Trinajstić information content (AvgIpc) is 2.64. The summed E-state index contributed by atoms with van der Waals surface area (Å²) in [6.07, 6.45) is 0.924. The Morgan fingerprint density at radius 3 is 2.30 bits per heavy atom. The molecule has 0 aliphatic carbocycles. The Hall–Kier alpha value is -2.53. The number of aryl methyl sites for hydroxylation is 2. The molecule has 27 heavy (non-hydrogen) atoms. The number of para-hydroxylation sites is 1. The van der Waals surface area contributed by atoms with Gasteiger partial charge in [0.2, 0.25) is 5.91 Å². The summed E-state index contributed by atoms with van der Waals surface area (Å²) < 4.78 is 5.75. The monoisotopic (exact) mass is 388 g/mol. The van der Waals surface area contributed by atoms with E-state index in [0.717, 1.165) is 16.9 Å². The van der Waals surface area contributed by atoms with Crippen molar-refractivity contribution < 1.29 is 14.3 Å². The highest BCUT2D eigenvalue weighted by Gasteiger charge is 2.06. The summed E-state index contributed by atoms with van der Waals surface area (Å²) in [4.78, 5) is 23.8. The van der Waals surface area contributed by atoms with Crippen LogP contribution in [0.3, 0.4) is 0 Å². The minimum Gasteiger partial charge on any atom is -0.491 e. The first-order valence-corrected chi connectivity index (χ1v) is 9.34. The van der Waals surface area contributed by atoms with E-state index in [1.54, 1.807) is 24.3 Å². The molecule has 5 nitrogen and oxygen atoms in total. The van der Waals surface area contributed by atoms with Crippen LogP contribution < -0.4 is 15.4 Å². The Kier molecular flexibility index (Phi) is 8.14. The maximum absolute atomic E-state index is 11.9. The van der Waals surface area contributed by atoms with Crippen LogP contribution in [0.25, 0.3) is 0 Å². The summed E-state index contributed by atoms with van der Waals surface area (Å²) in [7, 11) is 0. The summed E-state index contributed by atoms with van der Waals surface area (Å²) in [6, 6.07) is 12.7. The summed E-state index contributed by atoms with van der Waals surface area (Å²) in [5.41, 5.74) is 2.71. The predicted molar refractivity (Wildman–Crippen MR) is 107 cm³/mol. The smallest absolute Gasteiger partial charge is 0.251 e. The third kappa shape index (κ3) is 6.94. The number of carbonyl (C=O) groups is 2. The van der Waals surface area contributed by atoms with Crippen LogP contribution in [0, 0.1) is 13.8 Å². The third-order valence-electron chi connectivity index (χ3n) is 4.05. The van der Waals surface area contributed by atoms with Crippen molar-refractivity contribution >= 4 is 23.4 Å². The molecule has 2 aromatic carbocycles. The van der Waals surface area contributed by atoms with E-state index >= 15 is 0 Å². The lowest BCUT2D eigenvalue weighted by Gasteiger charge is -2.12. The van der Waals surface area contributed by atoms with Crippen LogP contribution in [0.15, 0.2) is 42.5 Å². The molecular weight excluding hydrogens is 364 g/mol. The van der Waals surface area contributed by atoms with Gasteiger partial charge in [-0.25, -0.2) is 0 Å². The van der Waals surface area contributed by atoms with Crippen molar-refractivity contribution in [3.63, 3.8) is 0 Å². The maximum atomic E-state index is 11.9. The molecule has 0 aliphatic heterocycles. The van der Waals surface area contributed by atoms with Gasteiger partial charge in [-0.15, -0.1) is 0 Å². The molecule has 0 bridgehead atoms. The van der Waals surface area contributed by atoms with Crippen molar-refractivity contribution in [2.45, 2.75) is 26.7 Å². The molecule has 0 unspecified atom stereocenters. The second-order valence-electron chi connectivity index (χ2n) is 6.29. The Morgan fingerprint density at radius 1 is 0.963 bits per heavy atom. The van der Waals surface area contributed by atoms with Gasteiger partial charge in [0.25, 0.3) is 5.91 Å². The molecule has 2 N–H and O–H groups in total. The normalized spacial score (nSPS) is 10.3. The standard InChI is InChI=1S/C21H25ClN2O3/c1-15-5-3-6-16(2)20(15)27-14-13-23-19(25)7-4-12-24-21(26)17-8-10-18(22)11-9-17/h3,5-6,8-11H,4,7,12-14H2,1-2H3,(H,23,25)(H,24,26). The Balaban J connectivity index is 1.58. The Morgan fingerprint density at radius 2 is 1.63 bits per heavy atom. The fourth-order valence-electron chi connectivity index (χ4n) is 2.61. The summed E-state index contributed by atoms with van der Waals surface area (Å²) in [5, 5.41) is 6.20. The van der Waals surface area contributed by atoms with Gasteiger partial charge < -0.3 is 15.4 Å². The molecule has 2 aromatic rings. The minimum atomic E-state index is -0.172. The summed E-state index contributed by atoms with van der Waals surface area (Å²) in [6.45, 7) is 5.31. The summed E-state index contributed by atoms with van der Waals surface area (Å²) in [5.74, 6) is 0.645. The molecule has 0 heterocycles. The molecule has 6 heteroatoms. The van der Waals surface area contributed by atoms with Gasteiger partial charge in [-0.2, -0.15) is 0 Å². The minimum absolute atomic E-state index is 0.0548. The first-order chi connectivity index (χ1) is 13.0. The molecule has 0 saturated carbocycles. The van der Waals surface area contributed by atoms with Crippen molar-refractivity contribution in [3.8, 4) is 5.75 Å². The van der Waals surface area contributed by atoms with E-state index in [4.69, 9.17) is 16.3 Å². The fourth-order valence-corrected chi connectivity index (χ4v) is 2.74. The van der Waals surface area contributed by atoms with Crippen LogP contribution >= 0.6 is 11.6 Å². The van der Waals surface area contributed by atoms with Crippen molar-refractivity contribution in [2.24, 2.45) is 0 Å². The van der Waals surface area contributed by atoms with E-state index in [-0.39, 0.29) is 11.8 Å². The van der Waals surface area contributed by atoms with Gasteiger partial charge in [-0.3, -0.25) is 9.59 Å². The van der Waals surface area contributed by atoms with Crippen LogP contribution in [0.4, 0.5) is 0 Å². The third-order valence-corrected chi connectivity index (χ3v) is 4.30. The molecule has 2 rings (SSSR count). The molecule has 0 saturated heterocycles. The zero-order valence-electron chi connectivity index (χ0n) is 15.7. The lowest BCUT2D eigenvalue weighted by Crippen LogP contribution is -2.30. The topological polar surface area (TPSA) is 67.4 Å². The molecule has 0 radical (unpaired) electrons. The van der Waals surface area contributed by atoms with Gasteiger partial charge in [0, 0.05) is 23.6 Å². The predicted octanol–water partition coefficient (Wildman–Crippen LogP) is 3.66. The van der Waals surface area contributed by atoms with Crippen molar-refractivity contribution in [1.82, 2.24) is 10.6 Å². The van der Waals surface area contributed by atoms with Crippen LogP contribution in [0.5, 0.6) is 5.75 Å². The van der Waals surface area contributed by atoms with Crippen LogP contribution in [-0.2, 0) is 4.79 Å². The van der Waals surface area contributed by atoms with Crippen LogP contribution in [-0.4, -0.2) is 31.5 Å². The van der Waals surface area contributed by atoms with E-state index in [2.05, 4.69) is 10.6 Å². The number of halogens is 1. The lowest BCUT2D eigenvalue weighted by molar-refractivity contribution is -0.121. The van der Waals surface area contributed by atoms with Gasteiger partial charge in [0.05, 0.1) is 6.54 Å². The molecule has 0 atom stereocenters. The van der Waals surface area contributed by atoms with Gasteiger partial charge in [0.15, 0.2) is 0 Å². The highest BCUT2D eigenvalue weighted by molar-refractivity contribution is 6.30. The molecule has 0 aliphatic rings. The van der Waals surface area contributed by atoms with E-state index < -0.39 is 0 Å². The van der Waals surface area contributed by atoms with Crippen molar-refractivity contribution in [2.75, 3.05) is 19.7 Å². The number of carbonyl (C=O) groups excluding carboxylic acids is 2. The van der Waals surface area contributed by atoms with Crippen molar-refractivity contribution in [3.05, 3.63) is 64.2 Å². The van der Waals surface area contributed by atoms with Gasteiger partial charge in [0.1, 0.15) is 12.4 Å². The number of ether oxygens (including phenoxy) is 1. The number of nitrogens with one attached hydrogen (secondary N) is 2. The number of rotatable bonds is 9. The largest absolute Gasteiger partial charge is 0.491 e. The van der Waals surface area contributed by atoms with Gasteiger partial charge in [-0.1, -0.05) is 29.8 Å². The van der Waals surface area contributed by atoms with Gasteiger partial charge in [-0.05, 0) is 55.7 Å². The summed E-state index contributed by atoms with van der Waals surface area (Å²) >= 11 is 5.80. The first kappa shape index (κ1) is 20.8. The molecule has 144 valence electrons. The highest BCUT2D eigenvalue weighted by Crippen LogP contribution is 2.21. The Bertz CT molecular complexity index is 755. The highest BCUT2D eigenvalue weighted by atomic mass is 35.5. The zero-order chi connectivity index (χ0) is 19.6. The maximum Gasteiger partial charge on any atom is 0.251 e. The molecule has 0 spiro atoms. The van der Waals surface area contributed by atoms with Crippen molar-refractivity contribution in [1.29, 1.82) is 0 Å². The second kappa shape index (κ2) is 10.6. The number of hydrogen-bond acceptors (Lipinski definition) is 3. The lowest BCUT2D eigenvalue weighted by atomic mass is 10.1. The molecule has 0 fully saturated rings. The molecule has 0 aromatic heterocycles. The van der Waals surface area contributed by atoms with E-state index in [1.165, 1.54) is 0 Å². The fraction of sp³-hybridized carbons (Fsp3) is 0.333. The SMILES string of the molecule is Cc1cccc(C)c1OCCNC(=O)CCCNC(=O)c1ccc(Cl)cc1. The quantitative estimate of drug-likeness (QED) is 0.644. The molecular formula is C21H25ClN2O3. The van der Waals surface area contributed by atoms with Crippen LogP contribution in [0.2, 0.25) is 5.02 Å². The first-order valence-electron chi connectivity index (χ1n) is 8.97. The zero-order valence-corrected chi connectivity index (χ0v) is 16.4. The molecule has 2 amide bonds.